The Bertz CT molecular complexity index is 1300. The number of pyridine rings is 1. The first-order valence-electron chi connectivity index (χ1n) is 13.1. The lowest BCUT2D eigenvalue weighted by Gasteiger charge is -2.29. The Kier molecular flexibility index (Phi) is 8.88. The second kappa shape index (κ2) is 12.1. The largest absolute Gasteiger partial charge is 0.357 e. The zero-order valence-electron chi connectivity index (χ0n) is 21.8. The number of anilines is 1. The van der Waals surface area contributed by atoms with Crippen LogP contribution in [0.5, 0.6) is 0 Å². The normalized spacial score (nSPS) is 18.3. The van der Waals surface area contributed by atoms with Crippen molar-refractivity contribution in [2.75, 3.05) is 18.0 Å². The summed E-state index contributed by atoms with van der Waals surface area (Å²) in [4.78, 5) is 31.6. The Morgan fingerprint density at radius 2 is 1.81 bits per heavy atom. The summed E-state index contributed by atoms with van der Waals surface area (Å²) in [6.07, 6.45) is 8.08. The number of unbranched alkanes of at least 4 members (excludes halogenated alkanes) is 1. The first-order chi connectivity index (χ1) is 17.9. The standard InChI is InChI=1S/C29H34N4O2S2/c1-4-5-17-32-26(31-15-11-6-7-12-16-31)23(20(2)24(19-30)27(32)34)18-25-28(35)33(29(36)37-25)21(3)22-13-9-8-10-14-22/h8-10,13-14,18,21H,4-7,11-12,15-17H2,1-3H3/b25-18-. The Hall–Kier alpha value is -2.89. The summed E-state index contributed by atoms with van der Waals surface area (Å²) < 4.78 is 2.29. The molecule has 4 rings (SSSR count). The Morgan fingerprint density at radius 3 is 2.43 bits per heavy atom. The molecule has 1 amide bonds. The van der Waals surface area contributed by atoms with Crippen LogP contribution in [0.15, 0.2) is 40.0 Å². The topological polar surface area (TPSA) is 69.3 Å². The molecule has 0 spiro atoms. The Morgan fingerprint density at radius 1 is 1.14 bits per heavy atom. The van der Waals surface area contributed by atoms with Crippen molar-refractivity contribution in [2.45, 2.75) is 71.9 Å². The van der Waals surface area contributed by atoms with Gasteiger partial charge in [0.25, 0.3) is 11.5 Å². The average molecular weight is 535 g/mol. The van der Waals surface area contributed by atoms with Gasteiger partial charge in [-0.1, -0.05) is 80.5 Å². The summed E-state index contributed by atoms with van der Waals surface area (Å²) in [5, 5.41) is 9.92. The lowest BCUT2D eigenvalue weighted by atomic mass is 10.0. The monoisotopic (exact) mass is 534 g/mol. The summed E-state index contributed by atoms with van der Waals surface area (Å²) in [5.41, 5.74) is 2.33. The van der Waals surface area contributed by atoms with Crippen LogP contribution < -0.4 is 10.5 Å². The van der Waals surface area contributed by atoms with Gasteiger partial charge in [-0.2, -0.15) is 5.26 Å². The van der Waals surface area contributed by atoms with E-state index in [0.29, 0.717) is 21.3 Å². The fourth-order valence-electron chi connectivity index (χ4n) is 5.12. The molecule has 2 fully saturated rings. The van der Waals surface area contributed by atoms with E-state index in [9.17, 15) is 14.9 Å². The first kappa shape index (κ1) is 27.2. The molecule has 37 heavy (non-hydrogen) atoms. The van der Waals surface area contributed by atoms with Gasteiger partial charge in [-0.3, -0.25) is 19.1 Å². The van der Waals surface area contributed by atoms with Gasteiger partial charge in [-0.05, 0) is 50.3 Å². The molecular formula is C29H34N4O2S2. The maximum atomic E-state index is 13.7. The van der Waals surface area contributed by atoms with Crippen LogP contribution in [0.2, 0.25) is 0 Å². The summed E-state index contributed by atoms with van der Waals surface area (Å²) in [5.74, 6) is 0.690. The van der Waals surface area contributed by atoms with Crippen LogP contribution in [0.4, 0.5) is 5.82 Å². The SMILES string of the molecule is CCCCn1c(N2CCCCCC2)c(/C=C2\SC(=S)N(C(C)c3ccccc3)C2=O)c(C)c(C#N)c1=O. The third-order valence-electron chi connectivity index (χ3n) is 7.26. The van der Waals surface area contributed by atoms with E-state index in [0.717, 1.165) is 68.6 Å². The number of nitrogens with zero attached hydrogens (tertiary/aromatic N) is 4. The number of carbonyl (C=O) groups excluding carboxylic acids is 1. The highest BCUT2D eigenvalue weighted by Crippen LogP contribution is 2.40. The second-order valence-electron chi connectivity index (χ2n) is 9.70. The van der Waals surface area contributed by atoms with Crippen LogP contribution in [0.3, 0.4) is 0 Å². The van der Waals surface area contributed by atoms with Gasteiger partial charge >= 0.3 is 0 Å². The molecule has 2 aliphatic rings. The van der Waals surface area contributed by atoms with Crippen molar-refractivity contribution in [3.8, 4) is 6.07 Å². The van der Waals surface area contributed by atoms with Crippen LogP contribution in [-0.2, 0) is 11.3 Å². The molecule has 1 atom stereocenters. The van der Waals surface area contributed by atoms with Gasteiger partial charge in [0.15, 0.2) is 0 Å². The summed E-state index contributed by atoms with van der Waals surface area (Å²) >= 11 is 6.95. The third kappa shape index (κ3) is 5.53. The van der Waals surface area contributed by atoms with Crippen LogP contribution in [-0.4, -0.2) is 32.8 Å². The van der Waals surface area contributed by atoms with Crippen molar-refractivity contribution in [3.63, 3.8) is 0 Å². The summed E-state index contributed by atoms with van der Waals surface area (Å²) in [7, 11) is 0. The van der Waals surface area contributed by atoms with E-state index in [1.807, 2.05) is 50.3 Å². The van der Waals surface area contributed by atoms with Crippen molar-refractivity contribution < 1.29 is 4.79 Å². The van der Waals surface area contributed by atoms with E-state index in [2.05, 4.69) is 17.9 Å². The van der Waals surface area contributed by atoms with Crippen molar-refractivity contribution in [3.05, 3.63) is 67.8 Å². The zero-order valence-corrected chi connectivity index (χ0v) is 23.5. The molecule has 2 saturated heterocycles. The highest BCUT2D eigenvalue weighted by Gasteiger charge is 2.36. The highest BCUT2D eigenvalue weighted by atomic mass is 32.2. The number of aromatic nitrogens is 1. The number of thioether (sulfide) groups is 1. The minimum absolute atomic E-state index is 0.141. The van der Waals surface area contributed by atoms with Crippen LogP contribution >= 0.6 is 24.0 Å². The first-order valence-corrected chi connectivity index (χ1v) is 14.4. The highest BCUT2D eigenvalue weighted by molar-refractivity contribution is 8.26. The molecule has 194 valence electrons. The van der Waals surface area contributed by atoms with Gasteiger partial charge in [-0.15, -0.1) is 0 Å². The number of hydrogen-bond donors (Lipinski definition) is 0. The Labute approximate surface area is 229 Å². The smallest absolute Gasteiger partial charge is 0.270 e. The lowest BCUT2D eigenvalue weighted by Crippen LogP contribution is -2.35. The molecule has 0 radical (unpaired) electrons. The lowest BCUT2D eigenvalue weighted by molar-refractivity contribution is -0.123. The molecule has 0 saturated carbocycles. The van der Waals surface area contributed by atoms with Crippen molar-refractivity contribution in [1.29, 1.82) is 5.26 Å². The third-order valence-corrected chi connectivity index (χ3v) is 8.59. The molecule has 0 aliphatic carbocycles. The molecule has 2 aliphatic heterocycles. The quantitative estimate of drug-likeness (QED) is 0.313. The zero-order chi connectivity index (χ0) is 26.5. The maximum absolute atomic E-state index is 13.7. The van der Waals surface area contributed by atoms with Crippen LogP contribution in [0.25, 0.3) is 6.08 Å². The van der Waals surface area contributed by atoms with E-state index in [1.54, 1.807) is 9.47 Å². The number of nitriles is 1. The summed E-state index contributed by atoms with van der Waals surface area (Å²) in [6, 6.07) is 11.8. The molecule has 8 heteroatoms. The number of amides is 1. The Balaban J connectivity index is 1.85. The molecule has 2 aromatic rings. The minimum atomic E-state index is -0.241. The predicted octanol–water partition coefficient (Wildman–Crippen LogP) is 6.17. The minimum Gasteiger partial charge on any atom is -0.357 e. The molecule has 6 nitrogen and oxygen atoms in total. The van der Waals surface area contributed by atoms with E-state index in [-0.39, 0.29) is 23.1 Å². The van der Waals surface area contributed by atoms with Gasteiger partial charge in [0.2, 0.25) is 0 Å². The van der Waals surface area contributed by atoms with Gasteiger partial charge in [0, 0.05) is 25.2 Å². The van der Waals surface area contributed by atoms with E-state index in [4.69, 9.17) is 12.2 Å². The fourth-order valence-corrected chi connectivity index (χ4v) is 6.52. The number of benzene rings is 1. The molecule has 0 bridgehead atoms. The van der Waals surface area contributed by atoms with Crippen LogP contribution in [0, 0.1) is 18.3 Å². The van der Waals surface area contributed by atoms with Gasteiger partial charge in [-0.25, -0.2) is 0 Å². The van der Waals surface area contributed by atoms with E-state index in [1.165, 1.54) is 11.8 Å². The second-order valence-corrected chi connectivity index (χ2v) is 11.4. The maximum Gasteiger partial charge on any atom is 0.270 e. The average Bonchev–Trinajstić information content (AvgIpc) is 3.06. The number of carbonyl (C=O) groups is 1. The molecule has 1 unspecified atom stereocenters. The van der Waals surface area contributed by atoms with Crippen LogP contribution in [0.1, 0.15) is 80.7 Å². The summed E-state index contributed by atoms with van der Waals surface area (Å²) in [6.45, 7) is 8.15. The molecule has 0 N–H and O–H groups in total. The van der Waals surface area contributed by atoms with Gasteiger partial charge in [0.1, 0.15) is 21.8 Å². The van der Waals surface area contributed by atoms with Crippen molar-refractivity contribution >= 4 is 46.1 Å². The van der Waals surface area contributed by atoms with Crippen molar-refractivity contribution in [2.24, 2.45) is 0 Å². The number of hydrogen-bond acceptors (Lipinski definition) is 6. The number of rotatable bonds is 7. The van der Waals surface area contributed by atoms with Gasteiger partial charge < -0.3 is 4.90 Å². The molecule has 1 aromatic carbocycles. The van der Waals surface area contributed by atoms with Crippen molar-refractivity contribution in [1.82, 2.24) is 9.47 Å². The van der Waals surface area contributed by atoms with Gasteiger partial charge in [0.05, 0.1) is 10.9 Å². The van der Waals surface area contributed by atoms with E-state index < -0.39 is 0 Å². The fraction of sp³-hybridized carbons (Fsp3) is 0.448. The van der Waals surface area contributed by atoms with E-state index >= 15 is 0 Å². The predicted molar refractivity (Wildman–Crippen MR) is 156 cm³/mol. The molecule has 3 heterocycles. The molecular weight excluding hydrogens is 500 g/mol. The molecule has 1 aromatic heterocycles. The number of thiocarbonyl (C=S) groups is 1.